The standard InChI is InChI=1S/C19H20F6O.CH5N/c1-11(15-10-13(17(3,4)5)6-7-16(15)26)8-14(19(23,24)25)9-12(2)18(20,21)22;1-2/h6-10,26H,2H2,1,3-5H3;2H2,1H3/b11-8+,14-9+;. The zero-order valence-electron chi connectivity index (χ0n) is 16.4. The Balaban J connectivity index is 0.00000352. The van der Waals surface area contributed by atoms with E-state index in [1.807, 2.05) is 20.8 Å². The summed E-state index contributed by atoms with van der Waals surface area (Å²) in [6, 6.07) is 4.50. The molecule has 0 atom stereocenters. The van der Waals surface area contributed by atoms with Gasteiger partial charge in [0, 0.05) is 11.1 Å². The molecule has 0 unspecified atom stereocenters. The van der Waals surface area contributed by atoms with Gasteiger partial charge in [0.25, 0.3) is 0 Å². The zero-order valence-corrected chi connectivity index (χ0v) is 16.4. The Bertz CT molecular complexity index is 749. The van der Waals surface area contributed by atoms with Crippen LogP contribution in [0, 0.1) is 0 Å². The first-order valence-electron chi connectivity index (χ1n) is 8.18. The first-order valence-corrected chi connectivity index (χ1v) is 8.18. The fourth-order valence-electron chi connectivity index (χ4n) is 2.10. The van der Waals surface area contributed by atoms with Crippen molar-refractivity contribution in [3.05, 3.63) is 59.2 Å². The van der Waals surface area contributed by atoms with Crippen LogP contribution in [0.2, 0.25) is 0 Å². The van der Waals surface area contributed by atoms with Crippen molar-refractivity contribution in [2.45, 2.75) is 45.5 Å². The summed E-state index contributed by atoms with van der Waals surface area (Å²) in [5, 5.41) is 9.96. The summed E-state index contributed by atoms with van der Waals surface area (Å²) in [5.74, 6) is -0.261. The highest BCUT2D eigenvalue weighted by molar-refractivity contribution is 5.72. The van der Waals surface area contributed by atoms with Gasteiger partial charge in [-0.15, -0.1) is 0 Å². The van der Waals surface area contributed by atoms with Gasteiger partial charge in [0.15, 0.2) is 0 Å². The van der Waals surface area contributed by atoms with E-state index >= 15 is 0 Å². The van der Waals surface area contributed by atoms with Gasteiger partial charge in [-0.1, -0.05) is 33.4 Å². The van der Waals surface area contributed by atoms with E-state index in [2.05, 4.69) is 12.3 Å². The molecule has 0 saturated carbocycles. The number of rotatable bonds is 3. The minimum Gasteiger partial charge on any atom is -0.507 e. The maximum atomic E-state index is 13.1. The van der Waals surface area contributed by atoms with Gasteiger partial charge in [-0.2, -0.15) is 26.3 Å². The molecule has 0 bridgehead atoms. The fourth-order valence-corrected chi connectivity index (χ4v) is 2.10. The maximum Gasteiger partial charge on any atom is 0.416 e. The lowest BCUT2D eigenvalue weighted by molar-refractivity contribution is -0.0931. The Hall–Kier alpha value is -2.22. The second-order valence-corrected chi connectivity index (χ2v) is 6.93. The molecule has 0 radical (unpaired) electrons. The molecule has 0 saturated heterocycles. The lowest BCUT2D eigenvalue weighted by atomic mass is 9.85. The van der Waals surface area contributed by atoms with Crippen molar-refractivity contribution in [1.29, 1.82) is 0 Å². The number of hydrogen-bond donors (Lipinski definition) is 2. The summed E-state index contributed by atoms with van der Waals surface area (Å²) >= 11 is 0. The predicted octanol–water partition coefficient (Wildman–Crippen LogP) is 6.28. The molecule has 0 aliphatic carbocycles. The molecule has 0 aliphatic heterocycles. The van der Waals surface area contributed by atoms with Crippen molar-refractivity contribution in [2.75, 3.05) is 7.05 Å². The number of phenolic OH excluding ortho intramolecular Hbond substituents is 1. The molecule has 28 heavy (non-hydrogen) atoms. The summed E-state index contributed by atoms with van der Waals surface area (Å²) in [6.07, 6.45) is -9.45. The lowest BCUT2D eigenvalue weighted by Crippen LogP contribution is -2.15. The minimum absolute atomic E-state index is 0.0212. The number of allylic oxidation sites excluding steroid dienone is 5. The molecule has 2 nitrogen and oxygen atoms in total. The zero-order chi connectivity index (χ0) is 22.5. The van der Waals surface area contributed by atoms with E-state index in [-0.39, 0.29) is 28.4 Å². The molecule has 1 aromatic rings. The monoisotopic (exact) mass is 409 g/mol. The second kappa shape index (κ2) is 9.32. The largest absolute Gasteiger partial charge is 0.507 e. The Morgan fingerprint density at radius 2 is 1.46 bits per heavy atom. The van der Waals surface area contributed by atoms with Crippen LogP contribution in [0.5, 0.6) is 5.75 Å². The van der Waals surface area contributed by atoms with Gasteiger partial charge in [0.05, 0.1) is 5.57 Å². The SMILES string of the molecule is C=C(/C=C(\C=C(/C)c1cc(C(C)(C)C)ccc1O)C(F)(F)F)C(F)(F)F.CN. The summed E-state index contributed by atoms with van der Waals surface area (Å²) in [7, 11) is 1.50. The number of benzene rings is 1. The third kappa shape index (κ3) is 7.42. The molecule has 8 heteroatoms. The molecule has 158 valence electrons. The molecular formula is C20H25F6NO. The number of hydrogen-bond acceptors (Lipinski definition) is 2. The third-order valence-electron chi connectivity index (χ3n) is 3.68. The van der Waals surface area contributed by atoms with Gasteiger partial charge in [0.1, 0.15) is 5.75 Å². The van der Waals surface area contributed by atoms with Crippen LogP contribution >= 0.6 is 0 Å². The maximum absolute atomic E-state index is 13.1. The van der Waals surface area contributed by atoms with Crippen LogP contribution in [0.3, 0.4) is 0 Å². The molecule has 0 aromatic heterocycles. The average molecular weight is 409 g/mol. The molecule has 0 heterocycles. The van der Waals surface area contributed by atoms with E-state index in [0.717, 1.165) is 5.56 Å². The quantitative estimate of drug-likeness (QED) is 0.456. The predicted molar refractivity (Wildman–Crippen MR) is 99.9 cm³/mol. The molecule has 0 fully saturated rings. The van der Waals surface area contributed by atoms with Crippen molar-refractivity contribution in [2.24, 2.45) is 5.73 Å². The van der Waals surface area contributed by atoms with Crippen LogP contribution in [0.4, 0.5) is 26.3 Å². The first-order chi connectivity index (χ1) is 12.5. The normalized spacial score (nSPS) is 13.7. The minimum atomic E-state index is -5.01. The number of nitrogens with two attached hydrogens (primary N) is 1. The van der Waals surface area contributed by atoms with E-state index < -0.39 is 23.5 Å². The molecular weight excluding hydrogens is 384 g/mol. The summed E-state index contributed by atoms with van der Waals surface area (Å²) in [5.41, 5.74) is 1.92. The Morgan fingerprint density at radius 3 is 1.86 bits per heavy atom. The van der Waals surface area contributed by atoms with Gasteiger partial charge >= 0.3 is 12.4 Å². The van der Waals surface area contributed by atoms with Crippen molar-refractivity contribution in [1.82, 2.24) is 0 Å². The summed E-state index contributed by atoms with van der Waals surface area (Å²) in [4.78, 5) is 0. The first kappa shape index (κ1) is 25.8. The van der Waals surface area contributed by atoms with E-state index in [0.29, 0.717) is 6.08 Å². The second-order valence-electron chi connectivity index (χ2n) is 6.93. The number of phenols is 1. The van der Waals surface area contributed by atoms with E-state index in [9.17, 15) is 31.4 Å². The molecule has 1 aromatic carbocycles. The Kier molecular flexibility index (Phi) is 8.58. The topological polar surface area (TPSA) is 46.2 Å². The van der Waals surface area contributed by atoms with Gasteiger partial charge in [-0.05, 0) is 54.8 Å². The highest BCUT2D eigenvalue weighted by Gasteiger charge is 2.36. The van der Waals surface area contributed by atoms with Crippen molar-refractivity contribution >= 4 is 5.57 Å². The molecule has 0 spiro atoms. The van der Waals surface area contributed by atoms with E-state index in [1.54, 1.807) is 6.07 Å². The molecule has 3 N–H and O–H groups in total. The average Bonchev–Trinajstić information content (AvgIpc) is 2.53. The van der Waals surface area contributed by atoms with Gasteiger partial charge in [0.2, 0.25) is 0 Å². The highest BCUT2D eigenvalue weighted by atomic mass is 19.4. The van der Waals surface area contributed by atoms with Crippen LogP contribution < -0.4 is 5.73 Å². The number of halogens is 6. The van der Waals surface area contributed by atoms with Gasteiger partial charge in [-0.25, -0.2) is 0 Å². The van der Waals surface area contributed by atoms with Crippen molar-refractivity contribution in [3.63, 3.8) is 0 Å². The Morgan fingerprint density at radius 1 is 0.964 bits per heavy atom. The van der Waals surface area contributed by atoms with E-state index in [1.165, 1.54) is 26.1 Å². The van der Waals surface area contributed by atoms with E-state index in [4.69, 9.17) is 0 Å². The van der Waals surface area contributed by atoms with Crippen molar-refractivity contribution in [3.8, 4) is 5.75 Å². The van der Waals surface area contributed by atoms with Gasteiger partial charge < -0.3 is 10.8 Å². The summed E-state index contributed by atoms with van der Waals surface area (Å²) in [6.45, 7) is 9.59. The van der Waals surface area contributed by atoms with Crippen LogP contribution in [-0.2, 0) is 5.41 Å². The molecule has 0 aliphatic rings. The highest BCUT2D eigenvalue weighted by Crippen LogP contribution is 2.36. The van der Waals surface area contributed by atoms with Crippen LogP contribution in [0.25, 0.3) is 5.57 Å². The third-order valence-corrected chi connectivity index (χ3v) is 3.68. The fraction of sp³-hybridized carbons (Fsp3) is 0.400. The smallest absolute Gasteiger partial charge is 0.416 e. The van der Waals surface area contributed by atoms with Crippen LogP contribution in [-0.4, -0.2) is 24.5 Å². The van der Waals surface area contributed by atoms with Crippen LogP contribution in [0.1, 0.15) is 38.8 Å². The lowest BCUT2D eigenvalue weighted by Gasteiger charge is -2.21. The molecule has 1 rings (SSSR count). The Labute approximate surface area is 161 Å². The summed E-state index contributed by atoms with van der Waals surface area (Å²) < 4.78 is 77.0. The molecule has 0 amide bonds. The van der Waals surface area contributed by atoms with Crippen molar-refractivity contribution < 1.29 is 31.4 Å². The van der Waals surface area contributed by atoms with Crippen LogP contribution in [0.15, 0.2) is 48.1 Å². The van der Waals surface area contributed by atoms with Gasteiger partial charge in [-0.3, -0.25) is 0 Å². The number of alkyl halides is 6. The number of aromatic hydroxyl groups is 1.